The molecule has 110 valence electrons. The van der Waals surface area contributed by atoms with Gasteiger partial charge in [0.25, 0.3) is 0 Å². The van der Waals surface area contributed by atoms with E-state index in [4.69, 9.17) is 0 Å². The van der Waals surface area contributed by atoms with Crippen molar-refractivity contribution in [3.63, 3.8) is 0 Å². The van der Waals surface area contributed by atoms with Gasteiger partial charge in [0.2, 0.25) is 5.91 Å². The Bertz CT molecular complexity index is 311. The Labute approximate surface area is 117 Å². The summed E-state index contributed by atoms with van der Waals surface area (Å²) in [4.78, 5) is 19.0. The molecule has 4 heteroatoms. The zero-order valence-corrected chi connectivity index (χ0v) is 12.9. The molecule has 0 aromatic carbocycles. The molecule has 1 heterocycles. The molecule has 0 bridgehead atoms. The van der Waals surface area contributed by atoms with Crippen LogP contribution in [0.2, 0.25) is 0 Å². The first-order chi connectivity index (χ1) is 8.97. The second-order valence-electron chi connectivity index (χ2n) is 6.68. The minimum Gasteiger partial charge on any atom is -0.339 e. The number of piperazine rings is 1. The minimum atomic E-state index is 0.315. The van der Waals surface area contributed by atoms with E-state index < -0.39 is 0 Å². The SMILES string of the molecule is CC(C)N(CC(=O)N1CCN(C)CC1)C[C@@H]1C[C@H]1C. The van der Waals surface area contributed by atoms with Crippen LogP contribution in [0, 0.1) is 11.8 Å². The second-order valence-corrected chi connectivity index (χ2v) is 6.68. The Hall–Kier alpha value is -0.610. The second kappa shape index (κ2) is 6.23. The average Bonchev–Trinajstić information content (AvgIpc) is 3.04. The van der Waals surface area contributed by atoms with Gasteiger partial charge in [-0.2, -0.15) is 0 Å². The Balaban J connectivity index is 1.80. The molecule has 1 saturated carbocycles. The Morgan fingerprint density at radius 3 is 2.32 bits per heavy atom. The van der Waals surface area contributed by atoms with Crippen molar-refractivity contribution in [1.29, 1.82) is 0 Å². The van der Waals surface area contributed by atoms with Crippen LogP contribution in [0.3, 0.4) is 0 Å². The lowest BCUT2D eigenvalue weighted by molar-refractivity contribution is -0.134. The van der Waals surface area contributed by atoms with Crippen LogP contribution in [0.15, 0.2) is 0 Å². The van der Waals surface area contributed by atoms with Crippen LogP contribution in [0.4, 0.5) is 0 Å². The molecule has 1 amide bonds. The molecular weight excluding hydrogens is 238 g/mol. The maximum Gasteiger partial charge on any atom is 0.236 e. The van der Waals surface area contributed by atoms with Gasteiger partial charge in [0.1, 0.15) is 0 Å². The van der Waals surface area contributed by atoms with Gasteiger partial charge in [-0.3, -0.25) is 9.69 Å². The smallest absolute Gasteiger partial charge is 0.236 e. The van der Waals surface area contributed by atoms with Crippen molar-refractivity contribution in [3.8, 4) is 0 Å². The molecule has 0 radical (unpaired) electrons. The molecule has 2 rings (SSSR count). The fourth-order valence-electron chi connectivity index (χ4n) is 2.74. The van der Waals surface area contributed by atoms with Gasteiger partial charge >= 0.3 is 0 Å². The maximum absolute atomic E-state index is 12.4. The highest BCUT2D eigenvalue weighted by Gasteiger charge is 2.35. The van der Waals surface area contributed by atoms with Gasteiger partial charge < -0.3 is 9.80 Å². The molecule has 19 heavy (non-hydrogen) atoms. The Morgan fingerprint density at radius 2 is 1.84 bits per heavy atom. The molecule has 0 aromatic heterocycles. The van der Waals surface area contributed by atoms with Crippen molar-refractivity contribution in [2.45, 2.75) is 33.2 Å². The van der Waals surface area contributed by atoms with Gasteiger partial charge in [0.15, 0.2) is 0 Å². The van der Waals surface area contributed by atoms with Crippen molar-refractivity contribution in [3.05, 3.63) is 0 Å². The summed E-state index contributed by atoms with van der Waals surface area (Å²) in [6, 6.07) is 0.462. The number of hydrogen-bond donors (Lipinski definition) is 0. The number of amides is 1. The Kier molecular flexibility index (Phi) is 4.85. The van der Waals surface area contributed by atoms with E-state index in [1.54, 1.807) is 0 Å². The van der Waals surface area contributed by atoms with Crippen LogP contribution in [-0.2, 0) is 4.79 Å². The summed E-state index contributed by atoms with van der Waals surface area (Å²) in [6.07, 6.45) is 1.34. The van der Waals surface area contributed by atoms with Gasteiger partial charge in [-0.1, -0.05) is 6.92 Å². The zero-order valence-electron chi connectivity index (χ0n) is 12.9. The third-order valence-electron chi connectivity index (χ3n) is 4.67. The van der Waals surface area contributed by atoms with E-state index in [1.165, 1.54) is 6.42 Å². The van der Waals surface area contributed by atoms with E-state index in [1.807, 2.05) is 4.90 Å². The molecule has 2 atom stereocenters. The van der Waals surface area contributed by atoms with E-state index in [0.29, 0.717) is 18.5 Å². The lowest BCUT2D eigenvalue weighted by Crippen LogP contribution is -2.51. The quantitative estimate of drug-likeness (QED) is 0.747. The minimum absolute atomic E-state index is 0.315. The predicted octanol–water partition coefficient (Wildman–Crippen LogP) is 1.13. The lowest BCUT2D eigenvalue weighted by Gasteiger charge is -2.35. The lowest BCUT2D eigenvalue weighted by atomic mass is 10.2. The van der Waals surface area contributed by atoms with Crippen molar-refractivity contribution < 1.29 is 4.79 Å². The first-order valence-corrected chi connectivity index (χ1v) is 7.67. The first-order valence-electron chi connectivity index (χ1n) is 7.67. The molecule has 2 fully saturated rings. The monoisotopic (exact) mass is 267 g/mol. The summed E-state index contributed by atoms with van der Waals surface area (Å²) in [7, 11) is 2.12. The maximum atomic E-state index is 12.4. The zero-order chi connectivity index (χ0) is 14.0. The summed E-state index contributed by atoms with van der Waals surface area (Å²) >= 11 is 0. The summed E-state index contributed by atoms with van der Waals surface area (Å²) < 4.78 is 0. The summed E-state index contributed by atoms with van der Waals surface area (Å²) in [5.41, 5.74) is 0. The largest absolute Gasteiger partial charge is 0.339 e. The number of carbonyl (C=O) groups excluding carboxylic acids is 1. The van der Waals surface area contributed by atoms with Gasteiger partial charge in [-0.05, 0) is 39.2 Å². The van der Waals surface area contributed by atoms with Crippen LogP contribution in [-0.4, -0.2) is 73.0 Å². The standard InChI is InChI=1S/C15H29N3O/c1-12(2)18(10-14-9-13(14)3)11-15(19)17-7-5-16(4)6-8-17/h12-14H,5-11H2,1-4H3/t13-,14+/m1/s1. The van der Waals surface area contributed by atoms with Crippen molar-refractivity contribution in [2.24, 2.45) is 11.8 Å². The summed E-state index contributed by atoms with van der Waals surface area (Å²) in [5, 5.41) is 0. The predicted molar refractivity (Wildman–Crippen MR) is 78.1 cm³/mol. The molecule has 1 aliphatic carbocycles. The summed E-state index contributed by atoms with van der Waals surface area (Å²) in [6.45, 7) is 12.2. The number of carbonyl (C=O) groups is 1. The highest BCUT2D eigenvalue weighted by molar-refractivity contribution is 5.78. The van der Waals surface area contributed by atoms with Crippen molar-refractivity contribution in [1.82, 2.24) is 14.7 Å². The van der Waals surface area contributed by atoms with Gasteiger partial charge in [0.05, 0.1) is 6.54 Å². The average molecular weight is 267 g/mol. The molecule has 4 nitrogen and oxygen atoms in total. The molecule has 0 spiro atoms. The molecule has 1 saturated heterocycles. The molecule has 2 aliphatic rings. The number of hydrogen-bond acceptors (Lipinski definition) is 3. The van der Waals surface area contributed by atoms with Crippen molar-refractivity contribution >= 4 is 5.91 Å². The van der Waals surface area contributed by atoms with Gasteiger partial charge in [-0.25, -0.2) is 0 Å². The molecule has 1 aliphatic heterocycles. The number of likely N-dealkylation sites (N-methyl/N-ethyl adjacent to an activating group) is 1. The third-order valence-corrected chi connectivity index (χ3v) is 4.67. The normalized spacial score (nSPS) is 28.2. The number of rotatable bonds is 5. The van der Waals surface area contributed by atoms with E-state index in [-0.39, 0.29) is 0 Å². The van der Waals surface area contributed by atoms with Crippen LogP contribution < -0.4 is 0 Å². The van der Waals surface area contributed by atoms with Crippen LogP contribution in [0.1, 0.15) is 27.2 Å². The van der Waals surface area contributed by atoms with E-state index >= 15 is 0 Å². The highest BCUT2D eigenvalue weighted by Crippen LogP contribution is 2.38. The third kappa shape index (κ3) is 4.18. The fraction of sp³-hybridized carbons (Fsp3) is 0.933. The van der Waals surface area contributed by atoms with Crippen LogP contribution in [0.25, 0.3) is 0 Å². The van der Waals surface area contributed by atoms with Gasteiger partial charge in [-0.15, -0.1) is 0 Å². The van der Waals surface area contributed by atoms with Crippen LogP contribution in [0.5, 0.6) is 0 Å². The fourth-order valence-corrected chi connectivity index (χ4v) is 2.74. The van der Waals surface area contributed by atoms with Gasteiger partial charge in [0, 0.05) is 38.8 Å². The first kappa shape index (κ1) is 14.8. The highest BCUT2D eigenvalue weighted by atomic mass is 16.2. The molecular formula is C15H29N3O. The van der Waals surface area contributed by atoms with E-state index in [2.05, 4.69) is 37.6 Å². The van der Waals surface area contributed by atoms with E-state index in [9.17, 15) is 4.79 Å². The van der Waals surface area contributed by atoms with Crippen molar-refractivity contribution in [2.75, 3.05) is 46.3 Å². The Morgan fingerprint density at radius 1 is 1.26 bits per heavy atom. The molecule has 0 aromatic rings. The van der Waals surface area contributed by atoms with E-state index in [0.717, 1.165) is 44.6 Å². The molecule has 0 N–H and O–H groups in total. The topological polar surface area (TPSA) is 26.8 Å². The molecule has 0 unspecified atom stereocenters. The number of nitrogens with zero attached hydrogens (tertiary/aromatic N) is 3. The summed E-state index contributed by atoms with van der Waals surface area (Å²) in [5.74, 6) is 2.00. The van der Waals surface area contributed by atoms with Crippen LogP contribution >= 0.6 is 0 Å².